The summed E-state index contributed by atoms with van der Waals surface area (Å²) in [6.07, 6.45) is 1.75. The third-order valence-electron chi connectivity index (χ3n) is 3.97. The van der Waals surface area contributed by atoms with Gasteiger partial charge in [0.2, 0.25) is 5.91 Å². The molecule has 25 heavy (non-hydrogen) atoms. The van der Waals surface area contributed by atoms with E-state index >= 15 is 0 Å². The average molecular weight is 346 g/mol. The van der Waals surface area contributed by atoms with Gasteiger partial charge in [0, 0.05) is 11.6 Å². The normalized spacial score (nSPS) is 20.6. The average Bonchev–Trinajstić information content (AvgIpc) is 2.93. The van der Waals surface area contributed by atoms with Crippen molar-refractivity contribution in [1.29, 1.82) is 0 Å². The van der Waals surface area contributed by atoms with Crippen LogP contribution in [0.15, 0.2) is 24.3 Å². The molecule has 1 fully saturated rings. The molecule has 2 rings (SSSR count). The number of benzene rings is 1. The summed E-state index contributed by atoms with van der Waals surface area (Å²) in [6.45, 7) is 10.1. The van der Waals surface area contributed by atoms with Gasteiger partial charge in [-0.05, 0) is 51.7 Å². The molecule has 2 unspecified atom stereocenters. The van der Waals surface area contributed by atoms with Crippen LogP contribution in [0.2, 0.25) is 0 Å². The Morgan fingerprint density at radius 1 is 1.20 bits per heavy atom. The Bertz CT molecular complexity index is 622. The fourth-order valence-corrected chi connectivity index (χ4v) is 2.94. The van der Waals surface area contributed by atoms with Crippen molar-refractivity contribution in [2.75, 3.05) is 5.32 Å². The van der Waals surface area contributed by atoms with E-state index in [1.54, 1.807) is 18.2 Å². The van der Waals surface area contributed by atoms with E-state index in [2.05, 4.69) is 35.3 Å². The van der Waals surface area contributed by atoms with Crippen molar-refractivity contribution in [2.45, 2.75) is 65.1 Å². The van der Waals surface area contributed by atoms with Gasteiger partial charge in [0.25, 0.3) is 5.91 Å². The Kier molecular flexibility index (Phi) is 6.19. The molecule has 6 heteroatoms. The van der Waals surface area contributed by atoms with Crippen LogP contribution in [-0.4, -0.2) is 29.4 Å². The molecular weight excluding hydrogens is 316 g/mol. The molecular formula is C19H30N4O2. The van der Waals surface area contributed by atoms with Crippen molar-refractivity contribution in [2.24, 2.45) is 5.92 Å². The van der Waals surface area contributed by atoms with Gasteiger partial charge in [-0.15, -0.1) is 0 Å². The summed E-state index contributed by atoms with van der Waals surface area (Å²) in [6, 6.07) is 7.06. The molecule has 4 N–H and O–H groups in total. The molecule has 2 amide bonds. The second kappa shape index (κ2) is 7.97. The van der Waals surface area contributed by atoms with Gasteiger partial charge in [-0.2, -0.15) is 0 Å². The molecule has 1 saturated heterocycles. The molecule has 1 aliphatic rings. The van der Waals surface area contributed by atoms with E-state index in [1.807, 2.05) is 26.8 Å². The smallest absolute Gasteiger partial charge is 0.253 e. The molecule has 0 radical (unpaired) electrons. The second-order valence-corrected chi connectivity index (χ2v) is 8.14. The van der Waals surface area contributed by atoms with E-state index in [9.17, 15) is 9.59 Å². The highest BCUT2D eigenvalue weighted by Crippen LogP contribution is 2.19. The monoisotopic (exact) mass is 346 g/mol. The molecule has 1 heterocycles. The van der Waals surface area contributed by atoms with Gasteiger partial charge in [-0.1, -0.05) is 26.0 Å². The molecule has 2 atom stereocenters. The summed E-state index contributed by atoms with van der Waals surface area (Å²) >= 11 is 0. The van der Waals surface area contributed by atoms with E-state index in [1.165, 1.54) is 0 Å². The zero-order valence-electron chi connectivity index (χ0n) is 15.8. The lowest BCUT2D eigenvalue weighted by Gasteiger charge is -2.22. The van der Waals surface area contributed by atoms with Crippen LogP contribution in [0.3, 0.4) is 0 Å². The molecule has 0 bridgehead atoms. The minimum atomic E-state index is -0.338. The van der Waals surface area contributed by atoms with Gasteiger partial charge in [-0.25, -0.2) is 5.43 Å². The summed E-state index contributed by atoms with van der Waals surface area (Å²) in [4.78, 5) is 25.0. The first-order valence-corrected chi connectivity index (χ1v) is 8.89. The van der Waals surface area contributed by atoms with Crippen molar-refractivity contribution in [3.8, 4) is 0 Å². The third kappa shape index (κ3) is 5.83. The van der Waals surface area contributed by atoms with Gasteiger partial charge < -0.3 is 10.6 Å². The van der Waals surface area contributed by atoms with E-state index in [-0.39, 0.29) is 29.4 Å². The number of nitrogens with one attached hydrogen (secondary N) is 4. The first kappa shape index (κ1) is 19.4. The third-order valence-corrected chi connectivity index (χ3v) is 3.97. The van der Waals surface area contributed by atoms with E-state index in [0.29, 0.717) is 17.2 Å². The van der Waals surface area contributed by atoms with E-state index in [4.69, 9.17) is 0 Å². The summed E-state index contributed by atoms with van der Waals surface area (Å²) in [7, 11) is 0. The maximum absolute atomic E-state index is 12.6. The van der Waals surface area contributed by atoms with Crippen LogP contribution >= 0.6 is 0 Å². The van der Waals surface area contributed by atoms with Crippen molar-refractivity contribution in [1.82, 2.24) is 16.2 Å². The van der Waals surface area contributed by atoms with Gasteiger partial charge in [0.15, 0.2) is 0 Å². The molecule has 0 spiro atoms. The minimum Gasteiger partial charge on any atom is -0.347 e. The SMILES string of the molecule is CC(C)CC1CC(C(=O)Nc2ccccc2C(=O)NC(C)(C)C)NN1. The molecule has 1 aromatic carbocycles. The molecule has 138 valence electrons. The summed E-state index contributed by atoms with van der Waals surface area (Å²) in [5.74, 6) is 0.247. The van der Waals surface area contributed by atoms with E-state index in [0.717, 1.165) is 12.8 Å². The number of para-hydroxylation sites is 1. The standard InChI is InChI=1S/C19H30N4O2/c1-12(2)10-13-11-16(23-22-13)18(25)20-15-9-7-6-8-14(15)17(24)21-19(3,4)5/h6-9,12-13,16,22-23H,10-11H2,1-5H3,(H,20,25)(H,21,24). The Morgan fingerprint density at radius 2 is 1.88 bits per heavy atom. The van der Waals surface area contributed by atoms with Gasteiger partial charge >= 0.3 is 0 Å². The highest BCUT2D eigenvalue weighted by atomic mass is 16.2. The van der Waals surface area contributed by atoms with Crippen LogP contribution in [0.4, 0.5) is 5.69 Å². The van der Waals surface area contributed by atoms with Gasteiger partial charge in [0.1, 0.15) is 6.04 Å². The number of hydrogen-bond acceptors (Lipinski definition) is 4. The van der Waals surface area contributed by atoms with Crippen LogP contribution < -0.4 is 21.5 Å². The maximum Gasteiger partial charge on any atom is 0.253 e. The number of carbonyl (C=O) groups excluding carboxylic acids is 2. The zero-order chi connectivity index (χ0) is 18.6. The molecule has 1 aromatic rings. The van der Waals surface area contributed by atoms with Crippen molar-refractivity contribution >= 4 is 17.5 Å². The van der Waals surface area contributed by atoms with Gasteiger partial charge in [-0.3, -0.25) is 15.0 Å². The lowest BCUT2D eigenvalue weighted by atomic mass is 9.99. The topological polar surface area (TPSA) is 82.3 Å². The van der Waals surface area contributed by atoms with Crippen molar-refractivity contribution in [3.05, 3.63) is 29.8 Å². The predicted molar refractivity (Wildman–Crippen MR) is 100 cm³/mol. The highest BCUT2D eigenvalue weighted by molar-refractivity contribution is 6.05. The first-order chi connectivity index (χ1) is 11.7. The fraction of sp³-hybridized carbons (Fsp3) is 0.579. The quantitative estimate of drug-likeness (QED) is 0.660. The predicted octanol–water partition coefficient (Wildman–Crippen LogP) is 2.43. The summed E-state index contributed by atoms with van der Waals surface area (Å²) in [5, 5.41) is 5.82. The first-order valence-electron chi connectivity index (χ1n) is 8.89. The number of hydrazine groups is 1. The highest BCUT2D eigenvalue weighted by Gasteiger charge is 2.30. The molecule has 0 aliphatic carbocycles. The minimum absolute atomic E-state index is 0.130. The van der Waals surface area contributed by atoms with Crippen molar-refractivity contribution < 1.29 is 9.59 Å². The second-order valence-electron chi connectivity index (χ2n) is 8.14. The fourth-order valence-electron chi connectivity index (χ4n) is 2.94. The lowest BCUT2D eigenvalue weighted by Crippen LogP contribution is -2.42. The lowest BCUT2D eigenvalue weighted by molar-refractivity contribution is -0.117. The van der Waals surface area contributed by atoms with Crippen LogP contribution in [0.25, 0.3) is 0 Å². The van der Waals surface area contributed by atoms with Crippen molar-refractivity contribution in [3.63, 3.8) is 0 Å². The largest absolute Gasteiger partial charge is 0.347 e. The molecule has 0 saturated carbocycles. The number of carbonyl (C=O) groups is 2. The summed E-state index contributed by atoms with van der Waals surface area (Å²) < 4.78 is 0. The molecule has 6 nitrogen and oxygen atoms in total. The van der Waals surface area contributed by atoms with E-state index < -0.39 is 0 Å². The van der Waals surface area contributed by atoms with Crippen LogP contribution in [0.5, 0.6) is 0 Å². The van der Waals surface area contributed by atoms with Crippen LogP contribution in [0.1, 0.15) is 57.8 Å². The number of anilines is 1. The zero-order valence-corrected chi connectivity index (χ0v) is 15.8. The Hall–Kier alpha value is -1.92. The number of rotatable bonds is 5. The molecule has 1 aliphatic heterocycles. The Balaban J connectivity index is 2.03. The number of amides is 2. The number of hydrogen-bond donors (Lipinski definition) is 4. The molecule has 0 aromatic heterocycles. The van der Waals surface area contributed by atoms with Crippen LogP contribution in [-0.2, 0) is 4.79 Å². The van der Waals surface area contributed by atoms with Gasteiger partial charge in [0.05, 0.1) is 11.3 Å². The Morgan fingerprint density at radius 3 is 2.52 bits per heavy atom. The van der Waals surface area contributed by atoms with Crippen LogP contribution in [0, 0.1) is 5.92 Å². The summed E-state index contributed by atoms with van der Waals surface area (Å²) in [5.41, 5.74) is 6.90. The Labute approximate surface area is 150 Å². The maximum atomic E-state index is 12.6.